The molecule has 2 rings (SSSR count). The van der Waals surface area contributed by atoms with E-state index >= 15 is 0 Å². The SMILES string of the molecule is CCc1c(Br)cnc2c1SC(=S)C2. The number of pyridine rings is 1. The summed E-state index contributed by atoms with van der Waals surface area (Å²) in [5.41, 5.74) is 2.49. The summed E-state index contributed by atoms with van der Waals surface area (Å²) < 4.78 is 2.14. The molecular weight excluding hydrogens is 266 g/mol. The summed E-state index contributed by atoms with van der Waals surface area (Å²) in [6.07, 6.45) is 3.77. The normalized spacial score (nSPS) is 14.8. The Morgan fingerprint density at radius 1 is 1.69 bits per heavy atom. The molecule has 0 amide bonds. The second-order valence-corrected chi connectivity index (χ2v) is 5.58. The minimum absolute atomic E-state index is 0.857. The first-order valence-electron chi connectivity index (χ1n) is 4.09. The molecule has 4 heteroatoms. The lowest BCUT2D eigenvalue weighted by Crippen LogP contribution is -1.93. The molecule has 0 aromatic carbocycles. The average Bonchev–Trinajstić information content (AvgIpc) is 2.45. The molecule has 1 aromatic rings. The van der Waals surface area contributed by atoms with Crippen molar-refractivity contribution in [1.82, 2.24) is 4.98 Å². The van der Waals surface area contributed by atoms with Crippen molar-refractivity contribution < 1.29 is 0 Å². The van der Waals surface area contributed by atoms with Crippen molar-refractivity contribution >= 4 is 44.1 Å². The zero-order valence-corrected chi connectivity index (χ0v) is 10.4. The number of fused-ring (bicyclic) bond motifs is 1. The van der Waals surface area contributed by atoms with Crippen LogP contribution in [0.3, 0.4) is 0 Å². The van der Waals surface area contributed by atoms with E-state index in [9.17, 15) is 0 Å². The topological polar surface area (TPSA) is 12.9 Å². The summed E-state index contributed by atoms with van der Waals surface area (Å²) >= 11 is 10.4. The van der Waals surface area contributed by atoms with Gasteiger partial charge in [-0.1, -0.05) is 30.9 Å². The molecule has 1 aromatic heterocycles. The van der Waals surface area contributed by atoms with E-state index in [4.69, 9.17) is 12.2 Å². The fraction of sp³-hybridized carbons (Fsp3) is 0.333. The lowest BCUT2D eigenvalue weighted by atomic mass is 10.1. The van der Waals surface area contributed by atoms with Crippen LogP contribution in [0.2, 0.25) is 0 Å². The lowest BCUT2D eigenvalue weighted by Gasteiger charge is -2.05. The van der Waals surface area contributed by atoms with E-state index in [0.29, 0.717) is 0 Å². The maximum atomic E-state index is 5.18. The molecule has 0 bridgehead atoms. The van der Waals surface area contributed by atoms with Gasteiger partial charge in [0, 0.05) is 22.0 Å². The van der Waals surface area contributed by atoms with Crippen molar-refractivity contribution in [1.29, 1.82) is 0 Å². The van der Waals surface area contributed by atoms with Gasteiger partial charge in [0.15, 0.2) is 0 Å². The predicted octanol–water partition coefficient (Wildman–Crippen LogP) is 3.38. The van der Waals surface area contributed by atoms with E-state index < -0.39 is 0 Å². The van der Waals surface area contributed by atoms with E-state index in [-0.39, 0.29) is 0 Å². The fourth-order valence-electron chi connectivity index (χ4n) is 1.42. The van der Waals surface area contributed by atoms with Gasteiger partial charge in [-0.05, 0) is 27.9 Å². The number of nitrogens with zero attached hydrogens (tertiary/aromatic N) is 1. The summed E-state index contributed by atoms with van der Waals surface area (Å²) in [5, 5.41) is 0. The molecular formula is C9H8BrNS2. The van der Waals surface area contributed by atoms with Crippen LogP contribution in [0, 0.1) is 0 Å². The third kappa shape index (κ3) is 1.67. The summed E-state index contributed by atoms with van der Waals surface area (Å²) in [7, 11) is 0. The van der Waals surface area contributed by atoms with Crippen LogP contribution in [0.25, 0.3) is 0 Å². The minimum Gasteiger partial charge on any atom is -0.259 e. The Morgan fingerprint density at radius 3 is 3.15 bits per heavy atom. The second kappa shape index (κ2) is 3.67. The number of thiocarbonyl (C=S) groups is 1. The van der Waals surface area contributed by atoms with E-state index in [1.807, 2.05) is 6.20 Å². The van der Waals surface area contributed by atoms with Gasteiger partial charge in [0.1, 0.15) is 0 Å². The molecule has 0 saturated heterocycles. The maximum absolute atomic E-state index is 5.18. The third-order valence-electron chi connectivity index (χ3n) is 2.04. The second-order valence-electron chi connectivity index (χ2n) is 2.86. The van der Waals surface area contributed by atoms with Crippen molar-refractivity contribution in [3.05, 3.63) is 21.9 Å². The van der Waals surface area contributed by atoms with Crippen LogP contribution < -0.4 is 0 Å². The van der Waals surface area contributed by atoms with E-state index in [2.05, 4.69) is 27.8 Å². The van der Waals surface area contributed by atoms with Gasteiger partial charge < -0.3 is 0 Å². The van der Waals surface area contributed by atoms with Crippen LogP contribution in [0.4, 0.5) is 0 Å². The summed E-state index contributed by atoms with van der Waals surface area (Å²) in [6.45, 7) is 2.16. The highest BCUT2D eigenvalue weighted by atomic mass is 79.9. The molecule has 1 aliphatic heterocycles. The fourth-order valence-corrected chi connectivity index (χ4v) is 3.57. The van der Waals surface area contributed by atoms with Crippen LogP contribution in [0.15, 0.2) is 15.6 Å². The highest BCUT2D eigenvalue weighted by Gasteiger charge is 2.21. The Morgan fingerprint density at radius 2 is 2.46 bits per heavy atom. The number of hydrogen-bond acceptors (Lipinski definition) is 3. The van der Waals surface area contributed by atoms with Gasteiger partial charge in [-0.15, -0.1) is 0 Å². The van der Waals surface area contributed by atoms with Crippen LogP contribution in [0.1, 0.15) is 18.2 Å². The van der Waals surface area contributed by atoms with Gasteiger partial charge in [-0.3, -0.25) is 4.98 Å². The van der Waals surface area contributed by atoms with Crippen molar-refractivity contribution in [2.24, 2.45) is 0 Å². The van der Waals surface area contributed by atoms with E-state index in [1.54, 1.807) is 11.8 Å². The van der Waals surface area contributed by atoms with Crippen LogP contribution >= 0.6 is 39.9 Å². The van der Waals surface area contributed by atoms with Gasteiger partial charge >= 0.3 is 0 Å². The molecule has 0 atom stereocenters. The molecule has 1 nitrogen and oxygen atoms in total. The Labute approximate surface area is 95.5 Å². The first kappa shape index (κ1) is 9.62. The van der Waals surface area contributed by atoms with Crippen LogP contribution in [-0.2, 0) is 12.8 Å². The van der Waals surface area contributed by atoms with Crippen LogP contribution in [0.5, 0.6) is 0 Å². The molecule has 0 N–H and O–H groups in total. The monoisotopic (exact) mass is 273 g/mol. The summed E-state index contributed by atoms with van der Waals surface area (Å²) in [5.74, 6) is 0. The smallest absolute Gasteiger partial charge is 0.0604 e. The Kier molecular flexibility index (Phi) is 2.72. The number of thioether (sulfide) groups is 1. The number of aromatic nitrogens is 1. The lowest BCUT2D eigenvalue weighted by molar-refractivity contribution is 0.987. The molecule has 0 radical (unpaired) electrons. The molecule has 0 aliphatic carbocycles. The maximum Gasteiger partial charge on any atom is 0.0604 e. The zero-order chi connectivity index (χ0) is 9.42. The molecule has 2 heterocycles. The Bertz CT molecular complexity index is 376. The molecule has 13 heavy (non-hydrogen) atoms. The molecule has 1 aliphatic rings. The summed E-state index contributed by atoms with van der Waals surface area (Å²) in [6, 6.07) is 0. The first-order valence-corrected chi connectivity index (χ1v) is 6.11. The molecule has 0 fully saturated rings. The molecule has 0 saturated carbocycles. The van der Waals surface area contributed by atoms with E-state index in [0.717, 1.165) is 27.2 Å². The largest absolute Gasteiger partial charge is 0.259 e. The summed E-state index contributed by atoms with van der Waals surface area (Å²) in [4.78, 5) is 5.64. The molecule has 0 spiro atoms. The molecule has 0 unspecified atom stereocenters. The van der Waals surface area contributed by atoms with E-state index in [1.165, 1.54) is 10.5 Å². The third-order valence-corrected chi connectivity index (χ3v) is 4.18. The van der Waals surface area contributed by atoms with Gasteiger partial charge in [0.25, 0.3) is 0 Å². The quantitative estimate of drug-likeness (QED) is 0.729. The van der Waals surface area contributed by atoms with Gasteiger partial charge in [0.2, 0.25) is 0 Å². The first-order chi connectivity index (χ1) is 6.22. The van der Waals surface area contributed by atoms with Gasteiger partial charge in [0.05, 0.1) is 9.89 Å². The highest BCUT2D eigenvalue weighted by molar-refractivity contribution is 9.10. The highest BCUT2D eigenvalue weighted by Crippen LogP contribution is 2.38. The molecule has 68 valence electrons. The van der Waals surface area contributed by atoms with Crippen molar-refractivity contribution in [3.8, 4) is 0 Å². The van der Waals surface area contributed by atoms with Crippen molar-refractivity contribution in [2.45, 2.75) is 24.7 Å². The minimum atomic E-state index is 0.857. The van der Waals surface area contributed by atoms with Crippen molar-refractivity contribution in [2.75, 3.05) is 0 Å². The standard InChI is InChI=1S/C9H8BrNS2/c1-2-5-6(10)4-11-7-3-8(12)13-9(5)7/h4H,2-3H2,1H3. The van der Waals surface area contributed by atoms with Crippen molar-refractivity contribution in [3.63, 3.8) is 0 Å². The average molecular weight is 274 g/mol. The van der Waals surface area contributed by atoms with Gasteiger partial charge in [-0.2, -0.15) is 0 Å². The van der Waals surface area contributed by atoms with Gasteiger partial charge in [-0.25, -0.2) is 0 Å². The predicted molar refractivity (Wildman–Crippen MR) is 63.5 cm³/mol. The number of halogens is 1. The Hall–Kier alpha value is 0.0700. The Balaban J connectivity index is 2.58. The zero-order valence-electron chi connectivity index (χ0n) is 7.13. The number of hydrogen-bond donors (Lipinski definition) is 0. The van der Waals surface area contributed by atoms with Crippen LogP contribution in [-0.4, -0.2) is 9.18 Å². The number of rotatable bonds is 1.